The molecule has 0 bridgehead atoms. The Hall–Kier alpha value is -1.20. The molecule has 5 heteroatoms. The van der Waals surface area contributed by atoms with Crippen LogP contribution in [0.4, 0.5) is 5.82 Å². The molecule has 1 aromatic heterocycles. The molecule has 1 aliphatic carbocycles. The quantitative estimate of drug-likeness (QED) is 0.863. The lowest BCUT2D eigenvalue weighted by molar-refractivity contribution is 0.161. The van der Waals surface area contributed by atoms with E-state index < -0.39 is 0 Å². The number of methoxy groups -OCH3 is 1. The number of aryl methyl sites for hydroxylation is 2. The summed E-state index contributed by atoms with van der Waals surface area (Å²) < 4.78 is 5.28. The number of hydrogen-bond donors (Lipinski definition) is 1. The molecule has 4 nitrogen and oxygen atoms in total. The number of nitrogens with zero attached hydrogens (tertiary/aromatic N) is 2. The first-order valence-corrected chi connectivity index (χ1v) is 8.16. The summed E-state index contributed by atoms with van der Waals surface area (Å²) in [4.78, 5) is 7.71. The summed E-state index contributed by atoms with van der Waals surface area (Å²) in [6.07, 6.45) is 5.80. The third-order valence-electron chi connectivity index (χ3n) is 4.53. The summed E-state index contributed by atoms with van der Waals surface area (Å²) >= 11 is 5.26. The molecule has 114 valence electrons. The average molecular weight is 305 g/mol. The van der Waals surface area contributed by atoms with E-state index in [1.54, 1.807) is 7.11 Å². The second-order valence-corrected chi connectivity index (χ2v) is 6.53. The van der Waals surface area contributed by atoms with Crippen LogP contribution in [0.15, 0.2) is 6.07 Å². The van der Waals surface area contributed by atoms with Gasteiger partial charge in [0.15, 0.2) is 0 Å². The van der Waals surface area contributed by atoms with Crippen LogP contribution in [0.2, 0.25) is 0 Å². The number of nitrogens with two attached hydrogens (primary N) is 1. The van der Waals surface area contributed by atoms with Gasteiger partial charge >= 0.3 is 0 Å². The van der Waals surface area contributed by atoms with Crippen molar-refractivity contribution in [3.8, 4) is 0 Å². The fourth-order valence-electron chi connectivity index (χ4n) is 3.44. The number of thiocarbonyl (C=S) groups is 1. The smallest absolute Gasteiger partial charge is 0.139 e. The summed E-state index contributed by atoms with van der Waals surface area (Å²) in [6.45, 7) is 2.80. The van der Waals surface area contributed by atoms with Crippen LogP contribution in [0.25, 0.3) is 0 Å². The highest BCUT2D eigenvalue weighted by atomic mass is 32.1. The molecule has 1 atom stereocenters. The van der Waals surface area contributed by atoms with Crippen molar-refractivity contribution in [2.75, 3.05) is 31.7 Å². The van der Waals surface area contributed by atoms with Crippen molar-refractivity contribution in [3.05, 3.63) is 22.9 Å². The average Bonchev–Trinajstić information content (AvgIpc) is 2.94. The highest BCUT2D eigenvalue weighted by Gasteiger charge is 2.27. The lowest BCUT2D eigenvalue weighted by atomic mass is 9.94. The van der Waals surface area contributed by atoms with Crippen molar-refractivity contribution in [1.29, 1.82) is 0 Å². The second kappa shape index (κ2) is 6.28. The highest BCUT2D eigenvalue weighted by molar-refractivity contribution is 7.80. The molecule has 0 aromatic carbocycles. The minimum absolute atomic E-state index is 0.459. The zero-order chi connectivity index (χ0) is 14.8. The standard InChI is InChI=1S/C16H23N3OS/c1-20-10-11-6-7-19(9-11)16-13(15(17)21)8-12-4-2-3-5-14(12)18-16/h8,11H,2-7,9-10H2,1H3,(H2,17,21). The topological polar surface area (TPSA) is 51.4 Å². The fourth-order valence-corrected chi connectivity index (χ4v) is 3.59. The van der Waals surface area contributed by atoms with E-state index >= 15 is 0 Å². The Balaban J connectivity index is 1.91. The van der Waals surface area contributed by atoms with Gasteiger partial charge in [-0.05, 0) is 43.7 Å². The van der Waals surface area contributed by atoms with Gasteiger partial charge < -0.3 is 15.4 Å². The van der Waals surface area contributed by atoms with Gasteiger partial charge in [-0.25, -0.2) is 4.98 Å². The normalized spacial score (nSPS) is 21.4. The first-order valence-electron chi connectivity index (χ1n) is 7.75. The van der Waals surface area contributed by atoms with Gasteiger partial charge in [0.05, 0.1) is 12.2 Å². The molecule has 1 saturated heterocycles. The largest absolute Gasteiger partial charge is 0.389 e. The third kappa shape index (κ3) is 3.04. The zero-order valence-electron chi connectivity index (χ0n) is 12.6. The van der Waals surface area contributed by atoms with Gasteiger partial charge in [0, 0.05) is 31.8 Å². The number of ether oxygens (including phenoxy) is 1. The molecule has 1 aliphatic heterocycles. The zero-order valence-corrected chi connectivity index (χ0v) is 13.4. The van der Waals surface area contributed by atoms with E-state index in [9.17, 15) is 0 Å². The minimum Gasteiger partial charge on any atom is -0.389 e. The molecule has 0 radical (unpaired) electrons. The predicted molar refractivity (Wildman–Crippen MR) is 89.0 cm³/mol. The second-order valence-electron chi connectivity index (χ2n) is 6.09. The molecule has 1 unspecified atom stereocenters. The summed E-state index contributed by atoms with van der Waals surface area (Å²) in [5.41, 5.74) is 9.47. The number of pyridine rings is 1. The van der Waals surface area contributed by atoms with Gasteiger partial charge in [0.2, 0.25) is 0 Å². The maximum absolute atomic E-state index is 5.95. The molecular formula is C16H23N3OS. The lowest BCUT2D eigenvalue weighted by Gasteiger charge is -2.24. The van der Waals surface area contributed by atoms with Gasteiger partial charge in [0.1, 0.15) is 10.8 Å². The molecule has 0 saturated carbocycles. The SMILES string of the molecule is COCC1CCN(c2nc3c(cc2C(N)=S)CCCC3)C1. The Morgan fingerprint density at radius 1 is 1.48 bits per heavy atom. The van der Waals surface area contributed by atoms with E-state index in [1.165, 1.54) is 24.1 Å². The summed E-state index contributed by atoms with van der Waals surface area (Å²) in [7, 11) is 1.76. The van der Waals surface area contributed by atoms with Crippen LogP contribution in [0.1, 0.15) is 36.1 Å². The van der Waals surface area contributed by atoms with Crippen LogP contribution < -0.4 is 10.6 Å². The monoisotopic (exact) mass is 305 g/mol. The maximum Gasteiger partial charge on any atom is 0.139 e. The van der Waals surface area contributed by atoms with E-state index in [1.807, 2.05) is 0 Å². The van der Waals surface area contributed by atoms with Gasteiger partial charge in [-0.3, -0.25) is 0 Å². The Morgan fingerprint density at radius 3 is 3.05 bits per heavy atom. The molecule has 2 aliphatic rings. The highest BCUT2D eigenvalue weighted by Crippen LogP contribution is 2.30. The van der Waals surface area contributed by atoms with Gasteiger partial charge in [-0.15, -0.1) is 0 Å². The van der Waals surface area contributed by atoms with Crippen LogP contribution in [0, 0.1) is 5.92 Å². The molecule has 1 fully saturated rings. The summed E-state index contributed by atoms with van der Waals surface area (Å²) in [6, 6.07) is 2.18. The van der Waals surface area contributed by atoms with Crippen LogP contribution in [0.3, 0.4) is 0 Å². The Morgan fingerprint density at radius 2 is 2.29 bits per heavy atom. The number of fused-ring (bicyclic) bond motifs is 1. The molecule has 2 N–H and O–H groups in total. The number of anilines is 1. The number of aromatic nitrogens is 1. The van der Waals surface area contributed by atoms with Crippen molar-refractivity contribution >= 4 is 23.0 Å². The molecule has 2 heterocycles. The van der Waals surface area contributed by atoms with Crippen molar-refractivity contribution in [3.63, 3.8) is 0 Å². The van der Waals surface area contributed by atoms with E-state index in [0.717, 1.165) is 50.3 Å². The van der Waals surface area contributed by atoms with Crippen LogP contribution in [-0.4, -0.2) is 36.8 Å². The Bertz CT molecular complexity index is 547. The van der Waals surface area contributed by atoms with Crippen molar-refractivity contribution in [1.82, 2.24) is 4.98 Å². The molecular weight excluding hydrogens is 282 g/mol. The first-order chi connectivity index (χ1) is 10.2. The van der Waals surface area contributed by atoms with Crippen LogP contribution in [-0.2, 0) is 17.6 Å². The van der Waals surface area contributed by atoms with E-state index in [4.69, 9.17) is 27.7 Å². The number of rotatable bonds is 4. The lowest BCUT2D eigenvalue weighted by Crippen LogP contribution is -2.27. The third-order valence-corrected chi connectivity index (χ3v) is 4.75. The Kier molecular flexibility index (Phi) is 4.40. The molecule has 1 aromatic rings. The molecule has 21 heavy (non-hydrogen) atoms. The Labute approximate surface area is 131 Å². The van der Waals surface area contributed by atoms with E-state index in [-0.39, 0.29) is 0 Å². The van der Waals surface area contributed by atoms with Gasteiger partial charge in [0.25, 0.3) is 0 Å². The predicted octanol–water partition coefficient (Wildman–Crippen LogP) is 2.07. The molecule has 3 rings (SSSR count). The van der Waals surface area contributed by atoms with Gasteiger partial charge in [-0.1, -0.05) is 12.2 Å². The molecule has 0 amide bonds. The van der Waals surface area contributed by atoms with Crippen LogP contribution >= 0.6 is 12.2 Å². The summed E-state index contributed by atoms with van der Waals surface area (Å²) in [5.74, 6) is 1.56. The van der Waals surface area contributed by atoms with Crippen molar-refractivity contribution in [2.24, 2.45) is 11.7 Å². The maximum atomic E-state index is 5.95. The molecule has 0 spiro atoms. The van der Waals surface area contributed by atoms with Gasteiger partial charge in [-0.2, -0.15) is 0 Å². The van der Waals surface area contributed by atoms with Crippen LogP contribution in [0.5, 0.6) is 0 Å². The summed E-state index contributed by atoms with van der Waals surface area (Å²) in [5, 5.41) is 0. The fraction of sp³-hybridized carbons (Fsp3) is 0.625. The first kappa shape index (κ1) is 14.7. The minimum atomic E-state index is 0.459. The number of hydrogen-bond acceptors (Lipinski definition) is 4. The van der Waals surface area contributed by atoms with Crippen molar-refractivity contribution in [2.45, 2.75) is 32.1 Å². The van der Waals surface area contributed by atoms with E-state index in [2.05, 4.69) is 11.0 Å². The van der Waals surface area contributed by atoms with Crippen molar-refractivity contribution < 1.29 is 4.74 Å². The van der Waals surface area contributed by atoms with E-state index in [0.29, 0.717) is 10.9 Å².